The van der Waals surface area contributed by atoms with Crippen LogP contribution in [0, 0.1) is 11.3 Å². The molecule has 6 heteroatoms. The first-order chi connectivity index (χ1) is 11.3. The molecule has 23 heavy (non-hydrogen) atoms. The van der Waals surface area contributed by atoms with Gasteiger partial charge in [0, 0.05) is 28.9 Å². The lowest BCUT2D eigenvalue weighted by Gasteiger charge is -2.03. The third-order valence-electron chi connectivity index (χ3n) is 3.14. The second-order valence-corrected chi connectivity index (χ2v) is 5.62. The molecule has 3 aromatic rings. The molecule has 1 N–H and O–H groups in total. The van der Waals surface area contributed by atoms with E-state index in [2.05, 4.69) is 15.3 Å². The summed E-state index contributed by atoms with van der Waals surface area (Å²) in [6.07, 6.45) is 3.47. The van der Waals surface area contributed by atoms with Crippen LogP contribution in [-0.4, -0.2) is 15.9 Å². The predicted molar refractivity (Wildman–Crippen MR) is 87.7 cm³/mol. The van der Waals surface area contributed by atoms with Gasteiger partial charge in [0.05, 0.1) is 23.9 Å². The molecule has 0 aliphatic heterocycles. The first kappa shape index (κ1) is 14.9. The topological polar surface area (TPSA) is 78.7 Å². The number of hydrogen-bond donors (Lipinski definition) is 1. The normalized spacial score (nSPS) is 10.0. The van der Waals surface area contributed by atoms with Gasteiger partial charge in [0.25, 0.3) is 5.91 Å². The molecule has 5 nitrogen and oxygen atoms in total. The fourth-order valence-electron chi connectivity index (χ4n) is 2.01. The highest BCUT2D eigenvalue weighted by atomic mass is 32.1. The molecule has 2 aromatic heterocycles. The molecule has 0 bridgehead atoms. The monoisotopic (exact) mass is 320 g/mol. The standard InChI is InChI=1S/C17H12N4OS/c18-8-12-3-1-4-13(7-12)16(22)20-10-15-11-23-17(21-15)14-5-2-6-19-9-14/h1-7,9,11H,10H2,(H,20,22). The molecule has 0 aliphatic carbocycles. The zero-order valence-corrected chi connectivity index (χ0v) is 12.9. The number of rotatable bonds is 4. The summed E-state index contributed by atoms with van der Waals surface area (Å²) in [5.41, 5.74) is 2.67. The highest BCUT2D eigenvalue weighted by molar-refractivity contribution is 7.13. The molecule has 0 saturated carbocycles. The van der Waals surface area contributed by atoms with Crippen LogP contribution in [0.5, 0.6) is 0 Å². The van der Waals surface area contributed by atoms with Gasteiger partial charge in [0.15, 0.2) is 0 Å². The average Bonchev–Trinajstić information content (AvgIpc) is 3.09. The number of nitriles is 1. The lowest BCUT2D eigenvalue weighted by atomic mass is 10.1. The van der Waals surface area contributed by atoms with Crippen LogP contribution in [0.25, 0.3) is 10.6 Å². The molecule has 0 saturated heterocycles. The van der Waals surface area contributed by atoms with Gasteiger partial charge >= 0.3 is 0 Å². The predicted octanol–water partition coefficient (Wildman–Crippen LogP) is 3.01. The van der Waals surface area contributed by atoms with Crippen molar-refractivity contribution in [3.05, 3.63) is 71.0 Å². The van der Waals surface area contributed by atoms with E-state index in [0.717, 1.165) is 16.3 Å². The molecule has 112 valence electrons. The minimum Gasteiger partial charge on any atom is -0.346 e. The number of benzene rings is 1. The molecule has 0 atom stereocenters. The summed E-state index contributed by atoms with van der Waals surface area (Å²) in [7, 11) is 0. The maximum Gasteiger partial charge on any atom is 0.251 e. The largest absolute Gasteiger partial charge is 0.346 e. The van der Waals surface area contributed by atoms with Crippen LogP contribution in [0.4, 0.5) is 0 Å². The highest BCUT2D eigenvalue weighted by Gasteiger charge is 2.08. The Hall–Kier alpha value is -3.04. The van der Waals surface area contributed by atoms with E-state index in [1.54, 1.807) is 36.7 Å². The van der Waals surface area contributed by atoms with Crippen LogP contribution < -0.4 is 5.32 Å². The molecule has 0 unspecified atom stereocenters. The summed E-state index contributed by atoms with van der Waals surface area (Å²) in [5.74, 6) is -0.224. The maximum atomic E-state index is 12.1. The number of thiazole rings is 1. The van der Waals surface area contributed by atoms with Crippen molar-refractivity contribution < 1.29 is 4.79 Å². The minimum atomic E-state index is -0.224. The van der Waals surface area contributed by atoms with Crippen LogP contribution in [0.1, 0.15) is 21.6 Å². The fraction of sp³-hybridized carbons (Fsp3) is 0.0588. The Balaban J connectivity index is 1.66. The Morgan fingerprint density at radius 1 is 1.30 bits per heavy atom. The lowest BCUT2D eigenvalue weighted by molar-refractivity contribution is 0.0950. The van der Waals surface area contributed by atoms with Gasteiger partial charge in [0.1, 0.15) is 5.01 Å². The molecular weight excluding hydrogens is 308 g/mol. The van der Waals surface area contributed by atoms with Gasteiger partial charge in [0.2, 0.25) is 0 Å². The van der Waals surface area contributed by atoms with E-state index in [1.807, 2.05) is 23.6 Å². The molecule has 0 radical (unpaired) electrons. The number of carbonyl (C=O) groups is 1. The average molecular weight is 320 g/mol. The van der Waals surface area contributed by atoms with Crippen molar-refractivity contribution in [1.82, 2.24) is 15.3 Å². The molecular formula is C17H12N4OS. The van der Waals surface area contributed by atoms with E-state index < -0.39 is 0 Å². The first-order valence-corrected chi connectivity index (χ1v) is 7.77. The van der Waals surface area contributed by atoms with Crippen LogP contribution in [0.3, 0.4) is 0 Å². The van der Waals surface area contributed by atoms with Gasteiger partial charge < -0.3 is 5.32 Å². The maximum absolute atomic E-state index is 12.1. The Kier molecular flexibility index (Phi) is 4.41. The fourth-order valence-corrected chi connectivity index (χ4v) is 2.82. The zero-order valence-electron chi connectivity index (χ0n) is 12.1. The van der Waals surface area contributed by atoms with Crippen molar-refractivity contribution in [1.29, 1.82) is 5.26 Å². The van der Waals surface area contributed by atoms with Gasteiger partial charge in [-0.2, -0.15) is 5.26 Å². The zero-order chi connectivity index (χ0) is 16.1. The van der Waals surface area contributed by atoms with Crippen molar-refractivity contribution >= 4 is 17.2 Å². The van der Waals surface area contributed by atoms with Crippen LogP contribution >= 0.6 is 11.3 Å². The van der Waals surface area contributed by atoms with E-state index >= 15 is 0 Å². The third-order valence-corrected chi connectivity index (χ3v) is 4.08. The molecule has 3 rings (SSSR count). The van der Waals surface area contributed by atoms with Gasteiger partial charge in [-0.3, -0.25) is 9.78 Å². The summed E-state index contributed by atoms with van der Waals surface area (Å²) in [5, 5.41) is 14.5. The number of hydrogen-bond acceptors (Lipinski definition) is 5. The molecule has 1 aromatic carbocycles. The van der Waals surface area contributed by atoms with E-state index in [1.165, 1.54) is 11.3 Å². The molecule has 2 heterocycles. The number of amides is 1. The molecule has 1 amide bonds. The van der Waals surface area contributed by atoms with Crippen molar-refractivity contribution in [2.75, 3.05) is 0 Å². The van der Waals surface area contributed by atoms with E-state index in [-0.39, 0.29) is 5.91 Å². The summed E-state index contributed by atoms with van der Waals surface area (Å²) in [4.78, 5) is 20.7. The molecule has 0 fully saturated rings. The number of nitrogens with one attached hydrogen (secondary N) is 1. The van der Waals surface area contributed by atoms with Gasteiger partial charge in [-0.1, -0.05) is 6.07 Å². The van der Waals surface area contributed by atoms with E-state index in [4.69, 9.17) is 5.26 Å². The molecule has 0 spiro atoms. The Morgan fingerprint density at radius 2 is 2.22 bits per heavy atom. The van der Waals surface area contributed by atoms with Crippen molar-refractivity contribution in [2.45, 2.75) is 6.54 Å². The van der Waals surface area contributed by atoms with Gasteiger partial charge in [-0.25, -0.2) is 4.98 Å². The number of pyridine rings is 1. The Labute approximate surface area is 137 Å². The van der Waals surface area contributed by atoms with E-state index in [9.17, 15) is 4.79 Å². The smallest absolute Gasteiger partial charge is 0.251 e. The quantitative estimate of drug-likeness (QED) is 0.801. The second kappa shape index (κ2) is 6.81. The van der Waals surface area contributed by atoms with E-state index in [0.29, 0.717) is 17.7 Å². The number of carbonyl (C=O) groups excluding carboxylic acids is 1. The summed E-state index contributed by atoms with van der Waals surface area (Å²) in [6.45, 7) is 0.340. The second-order valence-electron chi connectivity index (χ2n) is 4.76. The van der Waals surface area contributed by atoms with Crippen LogP contribution in [0.15, 0.2) is 54.2 Å². The summed E-state index contributed by atoms with van der Waals surface area (Å²) in [6, 6.07) is 12.4. The third kappa shape index (κ3) is 3.59. The summed E-state index contributed by atoms with van der Waals surface area (Å²) >= 11 is 1.51. The van der Waals surface area contributed by atoms with Crippen LogP contribution in [0.2, 0.25) is 0 Å². The van der Waals surface area contributed by atoms with Gasteiger partial charge in [-0.05, 0) is 30.3 Å². The minimum absolute atomic E-state index is 0.224. The van der Waals surface area contributed by atoms with Crippen molar-refractivity contribution in [2.24, 2.45) is 0 Å². The lowest BCUT2D eigenvalue weighted by Crippen LogP contribution is -2.22. The number of aromatic nitrogens is 2. The van der Waals surface area contributed by atoms with Crippen molar-refractivity contribution in [3.8, 4) is 16.6 Å². The van der Waals surface area contributed by atoms with Crippen LogP contribution in [-0.2, 0) is 6.54 Å². The van der Waals surface area contributed by atoms with Crippen molar-refractivity contribution in [3.63, 3.8) is 0 Å². The highest BCUT2D eigenvalue weighted by Crippen LogP contribution is 2.22. The molecule has 0 aliphatic rings. The van der Waals surface area contributed by atoms with Gasteiger partial charge in [-0.15, -0.1) is 11.3 Å². The Bertz CT molecular complexity index is 868. The summed E-state index contributed by atoms with van der Waals surface area (Å²) < 4.78 is 0. The first-order valence-electron chi connectivity index (χ1n) is 6.89. The Morgan fingerprint density at radius 3 is 3.00 bits per heavy atom. The SMILES string of the molecule is N#Cc1cccc(C(=O)NCc2csc(-c3cccnc3)n2)c1. The number of nitrogens with zero attached hydrogens (tertiary/aromatic N) is 3.